The van der Waals surface area contributed by atoms with Gasteiger partial charge in [-0.05, 0) is 100 Å². The van der Waals surface area contributed by atoms with Crippen molar-refractivity contribution in [1.29, 1.82) is 0 Å². The summed E-state index contributed by atoms with van der Waals surface area (Å²) in [4.78, 5) is 15.6. The highest BCUT2D eigenvalue weighted by atomic mass is 32.2. The largest absolute Gasteiger partial charge is 0.309 e. The lowest BCUT2D eigenvalue weighted by Gasteiger charge is -2.24. The second kappa shape index (κ2) is 13.7. The predicted molar refractivity (Wildman–Crippen MR) is 250 cm³/mol. The van der Waals surface area contributed by atoms with Crippen LogP contribution in [0.25, 0.3) is 83.6 Å². The molecule has 0 saturated heterocycles. The average Bonchev–Trinajstić information content (AvgIpc) is 3.75. The first-order valence-corrected chi connectivity index (χ1v) is 22.0. The molecule has 0 atom stereocenters. The number of hydrogen-bond donors (Lipinski definition) is 0. The fraction of sp³-hybridized carbons (Fsp3) is 0.0545. The van der Waals surface area contributed by atoms with Crippen LogP contribution in [0.4, 0.5) is 0 Å². The first kappa shape index (κ1) is 35.3. The smallest absolute Gasteiger partial charge is 0.160 e. The van der Waals surface area contributed by atoms with Crippen LogP contribution in [-0.2, 0) is 5.41 Å². The number of nitrogens with zero attached hydrogens (tertiary/aromatic N) is 3. The molecule has 3 heterocycles. The summed E-state index contributed by atoms with van der Waals surface area (Å²) in [7, 11) is 0. The highest BCUT2D eigenvalue weighted by Crippen LogP contribution is 2.56. The zero-order valence-corrected chi connectivity index (χ0v) is 34.7. The molecule has 0 bridgehead atoms. The number of hydrogen-bond acceptors (Lipinski definition) is 4. The topological polar surface area (TPSA) is 30.7 Å². The molecule has 60 heavy (non-hydrogen) atoms. The Morgan fingerprint density at radius 1 is 0.400 bits per heavy atom. The van der Waals surface area contributed by atoms with Gasteiger partial charge in [-0.3, -0.25) is 0 Å². The van der Waals surface area contributed by atoms with Crippen molar-refractivity contribution < 1.29 is 0 Å². The van der Waals surface area contributed by atoms with E-state index in [4.69, 9.17) is 9.97 Å². The number of fused-ring (bicyclic) bond motifs is 8. The lowest BCUT2D eigenvalue weighted by Crippen LogP contribution is -2.15. The van der Waals surface area contributed by atoms with Crippen LogP contribution >= 0.6 is 23.5 Å². The standard InChI is InChI=1S/C55H37N3S2/c1-55(2)44-30-37(24-26-40(44)42-31-52-53(32-45(42)55)60-51-23-12-11-22-50(51)59-52)36-25-27-49-43(29-36)41-20-9-10-21-48(41)58(49)39-19-13-18-38(28-39)47-33-46(34-14-5-3-6-15-34)56-54(57-47)35-16-7-4-8-17-35/h3-33H,1-2H3. The van der Waals surface area contributed by atoms with Crippen molar-refractivity contribution in [3.05, 3.63) is 199 Å². The molecule has 1 aliphatic heterocycles. The summed E-state index contributed by atoms with van der Waals surface area (Å²) in [6.07, 6.45) is 0. The molecule has 0 fully saturated rings. The van der Waals surface area contributed by atoms with E-state index in [-0.39, 0.29) is 5.41 Å². The molecule has 3 nitrogen and oxygen atoms in total. The fourth-order valence-electron chi connectivity index (χ4n) is 9.24. The Bertz CT molecular complexity index is 3290. The van der Waals surface area contributed by atoms with E-state index in [2.05, 4.69) is 182 Å². The van der Waals surface area contributed by atoms with Crippen molar-refractivity contribution in [2.24, 2.45) is 0 Å². The van der Waals surface area contributed by atoms with E-state index in [9.17, 15) is 0 Å². The molecule has 2 aliphatic rings. The van der Waals surface area contributed by atoms with Gasteiger partial charge in [0.25, 0.3) is 0 Å². The summed E-state index contributed by atoms with van der Waals surface area (Å²) in [5.41, 5.74) is 16.2. The van der Waals surface area contributed by atoms with E-state index in [0.717, 1.165) is 33.8 Å². The number of para-hydroxylation sites is 1. The third kappa shape index (κ3) is 5.68. The first-order chi connectivity index (χ1) is 29.5. The molecule has 0 saturated carbocycles. The van der Waals surface area contributed by atoms with Gasteiger partial charge in [0.05, 0.1) is 22.4 Å². The maximum absolute atomic E-state index is 5.15. The summed E-state index contributed by atoms with van der Waals surface area (Å²) < 4.78 is 2.40. The minimum atomic E-state index is -0.115. The zero-order chi connectivity index (χ0) is 40.0. The van der Waals surface area contributed by atoms with Crippen LogP contribution in [0, 0.1) is 0 Å². The third-order valence-corrected chi connectivity index (χ3v) is 14.8. The molecule has 2 aromatic heterocycles. The van der Waals surface area contributed by atoms with Crippen LogP contribution in [0.2, 0.25) is 0 Å². The molecule has 0 amide bonds. The predicted octanol–water partition coefficient (Wildman–Crippen LogP) is 15.2. The van der Waals surface area contributed by atoms with E-state index >= 15 is 0 Å². The summed E-state index contributed by atoms with van der Waals surface area (Å²) in [6.45, 7) is 4.78. The molecule has 5 heteroatoms. The minimum absolute atomic E-state index is 0.115. The molecule has 8 aromatic carbocycles. The number of aromatic nitrogens is 3. The van der Waals surface area contributed by atoms with Gasteiger partial charge in [0.1, 0.15) is 0 Å². The van der Waals surface area contributed by atoms with Crippen LogP contribution in [0.5, 0.6) is 0 Å². The molecule has 284 valence electrons. The maximum atomic E-state index is 5.15. The normalized spacial score (nSPS) is 13.5. The molecule has 0 unspecified atom stereocenters. The third-order valence-electron chi connectivity index (χ3n) is 12.3. The average molecular weight is 804 g/mol. The van der Waals surface area contributed by atoms with Crippen molar-refractivity contribution in [1.82, 2.24) is 14.5 Å². The first-order valence-electron chi connectivity index (χ1n) is 20.4. The molecular formula is C55H37N3S2. The SMILES string of the molecule is CC1(C)c2cc(-c3ccc4c(c3)c3ccccc3n4-c3cccc(-c4cc(-c5ccccc5)nc(-c5ccccc5)n4)c3)ccc2-c2cc3c(cc21)Sc1ccccc1S3. The molecule has 0 spiro atoms. The fourth-order valence-corrected chi connectivity index (χ4v) is 11.5. The monoisotopic (exact) mass is 803 g/mol. The van der Waals surface area contributed by atoms with Crippen molar-refractivity contribution in [2.75, 3.05) is 0 Å². The summed E-state index contributed by atoms with van der Waals surface area (Å²) in [6, 6.07) is 68.0. The van der Waals surface area contributed by atoms with E-state index in [1.54, 1.807) is 0 Å². The lowest BCUT2D eigenvalue weighted by molar-refractivity contribution is 0.658. The summed E-state index contributed by atoms with van der Waals surface area (Å²) in [5, 5.41) is 2.47. The zero-order valence-electron chi connectivity index (χ0n) is 33.1. The van der Waals surface area contributed by atoms with Crippen LogP contribution in [0.3, 0.4) is 0 Å². The van der Waals surface area contributed by atoms with Gasteiger partial charge in [-0.15, -0.1) is 0 Å². The van der Waals surface area contributed by atoms with Crippen LogP contribution < -0.4 is 0 Å². The molecule has 12 rings (SSSR count). The Labute approximate surface area is 357 Å². The quantitative estimate of drug-likeness (QED) is 0.173. The van der Waals surface area contributed by atoms with E-state index in [0.29, 0.717) is 5.82 Å². The van der Waals surface area contributed by atoms with E-state index < -0.39 is 0 Å². The Morgan fingerprint density at radius 2 is 1.00 bits per heavy atom. The van der Waals surface area contributed by atoms with Crippen molar-refractivity contribution in [3.63, 3.8) is 0 Å². The Morgan fingerprint density at radius 3 is 1.78 bits per heavy atom. The highest BCUT2D eigenvalue weighted by Gasteiger charge is 2.37. The molecular weight excluding hydrogens is 767 g/mol. The van der Waals surface area contributed by atoms with Crippen LogP contribution in [-0.4, -0.2) is 14.5 Å². The van der Waals surface area contributed by atoms with E-state index in [1.165, 1.54) is 74.8 Å². The van der Waals surface area contributed by atoms with E-state index in [1.807, 2.05) is 47.8 Å². The minimum Gasteiger partial charge on any atom is -0.309 e. The van der Waals surface area contributed by atoms with Gasteiger partial charge in [0.15, 0.2) is 5.82 Å². The lowest BCUT2D eigenvalue weighted by atomic mass is 9.81. The molecule has 10 aromatic rings. The van der Waals surface area contributed by atoms with Crippen molar-refractivity contribution >= 4 is 45.3 Å². The van der Waals surface area contributed by atoms with Gasteiger partial charge in [0, 0.05) is 58.1 Å². The van der Waals surface area contributed by atoms with Gasteiger partial charge in [0.2, 0.25) is 0 Å². The van der Waals surface area contributed by atoms with Gasteiger partial charge >= 0.3 is 0 Å². The number of benzene rings is 8. The van der Waals surface area contributed by atoms with Gasteiger partial charge in [-0.25, -0.2) is 9.97 Å². The van der Waals surface area contributed by atoms with Crippen molar-refractivity contribution in [2.45, 2.75) is 38.8 Å². The van der Waals surface area contributed by atoms with Crippen LogP contribution in [0.1, 0.15) is 25.0 Å². The Kier molecular flexibility index (Phi) is 8.06. The molecule has 0 N–H and O–H groups in total. The van der Waals surface area contributed by atoms with Crippen LogP contribution in [0.15, 0.2) is 208 Å². The molecule has 0 radical (unpaired) electrons. The van der Waals surface area contributed by atoms with Gasteiger partial charge < -0.3 is 4.57 Å². The van der Waals surface area contributed by atoms with Crippen molar-refractivity contribution in [3.8, 4) is 61.8 Å². The second-order valence-corrected chi connectivity index (χ2v) is 18.4. The maximum Gasteiger partial charge on any atom is 0.160 e. The number of rotatable bonds is 5. The summed E-state index contributed by atoms with van der Waals surface area (Å²) >= 11 is 3.80. The van der Waals surface area contributed by atoms with Gasteiger partial charge in [-0.1, -0.05) is 159 Å². The summed E-state index contributed by atoms with van der Waals surface area (Å²) in [5.74, 6) is 0.712. The molecule has 1 aliphatic carbocycles. The highest BCUT2D eigenvalue weighted by molar-refractivity contribution is 8.05. The Hall–Kier alpha value is -6.66. The van der Waals surface area contributed by atoms with Gasteiger partial charge in [-0.2, -0.15) is 0 Å². The Balaban J connectivity index is 0.944. The second-order valence-electron chi connectivity index (χ2n) is 16.2.